The van der Waals surface area contributed by atoms with Gasteiger partial charge < -0.3 is 20.7 Å². The number of halogens is 4. The number of aliphatic imine (C=N–C) groups is 1. The highest BCUT2D eigenvalue weighted by molar-refractivity contribution is 14.0. The number of carbonyl (C=O) groups excluding carboxylic acids is 1. The molecule has 2 rings (SSSR count). The number of rotatable bonds is 8. The molecule has 30 heavy (non-hydrogen) atoms. The molecule has 1 saturated carbocycles. The Morgan fingerprint density at radius 3 is 2.40 bits per heavy atom. The van der Waals surface area contributed by atoms with Crippen LogP contribution in [0.3, 0.4) is 0 Å². The number of hydrogen-bond acceptors (Lipinski definition) is 3. The van der Waals surface area contributed by atoms with Gasteiger partial charge in [-0.1, -0.05) is 31.4 Å². The number of nitrogens with one attached hydrogen (secondary N) is 3. The van der Waals surface area contributed by atoms with Crippen LogP contribution in [0.25, 0.3) is 0 Å². The smallest absolute Gasteiger partial charge is 0.422 e. The maximum Gasteiger partial charge on any atom is 0.422 e. The zero-order valence-corrected chi connectivity index (χ0v) is 19.4. The lowest BCUT2D eigenvalue weighted by molar-refractivity contribution is -0.153. The molecular weight excluding hydrogens is 512 g/mol. The summed E-state index contributed by atoms with van der Waals surface area (Å²) < 4.78 is 41.2. The molecule has 10 heteroatoms. The average molecular weight is 542 g/mol. The van der Waals surface area contributed by atoms with Crippen LogP contribution in [0.4, 0.5) is 13.2 Å². The van der Waals surface area contributed by atoms with Gasteiger partial charge >= 0.3 is 6.18 Å². The van der Waals surface area contributed by atoms with Gasteiger partial charge in [0.15, 0.2) is 12.6 Å². The number of alkyl halides is 3. The minimum atomic E-state index is -4.36. The van der Waals surface area contributed by atoms with Crippen LogP contribution in [0.2, 0.25) is 0 Å². The minimum Gasteiger partial charge on any atom is -0.484 e. The summed E-state index contributed by atoms with van der Waals surface area (Å²) in [5.74, 6) is 0.594. The number of guanidine groups is 1. The first-order valence-electron chi connectivity index (χ1n) is 9.96. The Morgan fingerprint density at radius 1 is 1.13 bits per heavy atom. The van der Waals surface area contributed by atoms with Crippen molar-refractivity contribution in [1.82, 2.24) is 16.0 Å². The Kier molecular flexibility index (Phi) is 11.9. The van der Waals surface area contributed by atoms with Gasteiger partial charge in [0.1, 0.15) is 5.75 Å². The van der Waals surface area contributed by atoms with Crippen LogP contribution in [0, 0.1) is 0 Å². The second-order valence-corrected chi connectivity index (χ2v) is 7.00. The van der Waals surface area contributed by atoms with Crippen LogP contribution >= 0.6 is 24.0 Å². The van der Waals surface area contributed by atoms with Gasteiger partial charge in [0.05, 0.1) is 13.1 Å². The molecule has 0 radical (unpaired) electrons. The predicted octanol–water partition coefficient (Wildman–Crippen LogP) is 3.75. The molecule has 3 N–H and O–H groups in total. The third-order valence-electron chi connectivity index (χ3n) is 4.48. The van der Waals surface area contributed by atoms with Crippen molar-refractivity contribution >= 4 is 35.8 Å². The SMILES string of the molecule is CCNC(=NCc1ccc(OCC(F)(F)F)cc1)NCC(=O)NC1CCCCC1.I. The largest absolute Gasteiger partial charge is 0.484 e. The quantitative estimate of drug-likeness (QED) is 0.266. The predicted molar refractivity (Wildman–Crippen MR) is 121 cm³/mol. The Morgan fingerprint density at radius 2 is 1.80 bits per heavy atom. The van der Waals surface area contributed by atoms with Crippen molar-refractivity contribution in [2.45, 2.75) is 57.8 Å². The molecule has 0 bridgehead atoms. The summed E-state index contributed by atoms with van der Waals surface area (Å²) in [5.41, 5.74) is 0.813. The van der Waals surface area contributed by atoms with Gasteiger partial charge in [-0.05, 0) is 37.5 Å². The second kappa shape index (κ2) is 13.6. The zero-order chi connectivity index (χ0) is 21.1. The van der Waals surface area contributed by atoms with Gasteiger partial charge in [-0.3, -0.25) is 4.79 Å². The Labute approximate surface area is 192 Å². The fourth-order valence-electron chi connectivity index (χ4n) is 3.06. The van der Waals surface area contributed by atoms with Crippen molar-refractivity contribution in [3.05, 3.63) is 29.8 Å². The lowest BCUT2D eigenvalue weighted by Gasteiger charge is -2.23. The molecule has 1 aliphatic rings. The first-order chi connectivity index (χ1) is 13.9. The van der Waals surface area contributed by atoms with Gasteiger partial charge in [-0.2, -0.15) is 13.2 Å². The molecule has 0 saturated heterocycles. The molecule has 6 nitrogen and oxygen atoms in total. The first kappa shape index (κ1) is 26.3. The summed E-state index contributed by atoms with van der Waals surface area (Å²) in [4.78, 5) is 16.5. The van der Waals surface area contributed by atoms with E-state index in [1.165, 1.54) is 18.6 Å². The fraction of sp³-hybridized carbons (Fsp3) is 0.600. The van der Waals surface area contributed by atoms with Crippen LogP contribution in [-0.2, 0) is 11.3 Å². The molecule has 1 aromatic carbocycles. The Hall–Kier alpha value is -1.72. The van der Waals surface area contributed by atoms with Crippen LogP contribution in [-0.4, -0.2) is 43.8 Å². The van der Waals surface area contributed by atoms with E-state index in [1.807, 2.05) is 6.92 Å². The van der Waals surface area contributed by atoms with Crippen molar-refractivity contribution in [3.8, 4) is 5.75 Å². The third-order valence-corrected chi connectivity index (χ3v) is 4.48. The third kappa shape index (κ3) is 10.9. The van der Waals surface area contributed by atoms with Crippen molar-refractivity contribution in [2.75, 3.05) is 19.7 Å². The molecule has 1 aliphatic carbocycles. The Balaban J connectivity index is 0.00000450. The van der Waals surface area contributed by atoms with E-state index < -0.39 is 12.8 Å². The van der Waals surface area contributed by atoms with Gasteiger partial charge in [0, 0.05) is 12.6 Å². The lowest BCUT2D eigenvalue weighted by Crippen LogP contribution is -2.46. The number of carbonyl (C=O) groups is 1. The summed E-state index contributed by atoms with van der Waals surface area (Å²) in [6, 6.07) is 6.54. The van der Waals surface area contributed by atoms with Crippen LogP contribution in [0.1, 0.15) is 44.6 Å². The number of ether oxygens (including phenoxy) is 1. The van der Waals surface area contributed by atoms with Gasteiger partial charge in [-0.25, -0.2) is 4.99 Å². The highest BCUT2D eigenvalue weighted by atomic mass is 127. The molecule has 1 amide bonds. The monoisotopic (exact) mass is 542 g/mol. The van der Waals surface area contributed by atoms with Crippen LogP contribution < -0.4 is 20.7 Å². The number of benzene rings is 1. The van der Waals surface area contributed by atoms with E-state index in [0.29, 0.717) is 19.0 Å². The summed E-state index contributed by atoms with van der Waals surface area (Å²) in [6.45, 7) is 1.69. The second-order valence-electron chi connectivity index (χ2n) is 7.00. The molecule has 1 aromatic rings. The fourth-order valence-corrected chi connectivity index (χ4v) is 3.06. The summed E-state index contributed by atoms with van der Waals surface area (Å²) in [6.07, 6.45) is 1.24. The summed E-state index contributed by atoms with van der Waals surface area (Å²) in [5, 5.41) is 9.12. The molecule has 170 valence electrons. The van der Waals surface area contributed by atoms with Crippen molar-refractivity contribution in [3.63, 3.8) is 0 Å². The van der Waals surface area contributed by atoms with Gasteiger partial charge in [-0.15, -0.1) is 24.0 Å². The van der Waals surface area contributed by atoms with Crippen LogP contribution in [0.15, 0.2) is 29.3 Å². The van der Waals surface area contributed by atoms with E-state index in [1.54, 1.807) is 12.1 Å². The highest BCUT2D eigenvalue weighted by Crippen LogP contribution is 2.19. The van der Waals surface area contributed by atoms with E-state index in [2.05, 4.69) is 25.7 Å². The standard InChI is InChI=1S/C20H29F3N4O2.HI/c1-2-24-19(26-13-18(28)27-16-6-4-3-5-7-16)25-12-15-8-10-17(11-9-15)29-14-20(21,22)23;/h8-11,16H,2-7,12-14H2,1H3,(H,27,28)(H2,24,25,26);1H. The summed E-state index contributed by atoms with van der Waals surface area (Å²) in [7, 11) is 0. The van der Waals surface area contributed by atoms with E-state index >= 15 is 0 Å². The van der Waals surface area contributed by atoms with Gasteiger partial charge in [0.2, 0.25) is 5.91 Å². The van der Waals surface area contributed by atoms with Crippen molar-refractivity contribution in [1.29, 1.82) is 0 Å². The normalized spacial score (nSPS) is 15.1. The molecule has 0 unspecified atom stereocenters. The Bertz CT molecular complexity index is 663. The van der Waals surface area contributed by atoms with Crippen molar-refractivity contribution < 1.29 is 22.7 Å². The van der Waals surface area contributed by atoms with Gasteiger partial charge in [0.25, 0.3) is 0 Å². The molecule has 1 fully saturated rings. The lowest BCUT2D eigenvalue weighted by atomic mass is 9.95. The highest BCUT2D eigenvalue weighted by Gasteiger charge is 2.28. The maximum absolute atomic E-state index is 12.2. The topological polar surface area (TPSA) is 74.8 Å². The molecular formula is C20H30F3IN4O2. The molecule has 0 spiro atoms. The van der Waals surface area contributed by atoms with E-state index in [0.717, 1.165) is 31.2 Å². The number of nitrogens with zero attached hydrogens (tertiary/aromatic N) is 1. The molecule has 0 atom stereocenters. The van der Waals surface area contributed by atoms with E-state index in [9.17, 15) is 18.0 Å². The number of amides is 1. The van der Waals surface area contributed by atoms with Crippen LogP contribution in [0.5, 0.6) is 5.75 Å². The zero-order valence-electron chi connectivity index (χ0n) is 17.1. The van der Waals surface area contributed by atoms with E-state index in [-0.39, 0.29) is 48.2 Å². The molecule has 0 aliphatic heterocycles. The van der Waals surface area contributed by atoms with E-state index in [4.69, 9.17) is 0 Å². The molecule has 0 aromatic heterocycles. The molecule has 0 heterocycles. The van der Waals surface area contributed by atoms with Crippen molar-refractivity contribution in [2.24, 2.45) is 4.99 Å². The average Bonchev–Trinajstić information content (AvgIpc) is 2.69. The summed E-state index contributed by atoms with van der Waals surface area (Å²) >= 11 is 0. The minimum absolute atomic E-state index is 0. The first-order valence-corrected chi connectivity index (χ1v) is 9.96. The maximum atomic E-state index is 12.2. The number of hydrogen-bond donors (Lipinski definition) is 3.